The van der Waals surface area contributed by atoms with Gasteiger partial charge in [0.05, 0.1) is 10.8 Å². The molecule has 1 aliphatic heterocycles. The first-order chi connectivity index (χ1) is 11.3. The molecule has 3 rings (SSSR count). The minimum atomic E-state index is -1.39. The van der Waals surface area contributed by atoms with Crippen LogP contribution in [0.3, 0.4) is 0 Å². The van der Waals surface area contributed by atoms with E-state index < -0.39 is 26.8 Å². The number of carbonyl (C=O) groups is 1. The molecule has 1 aliphatic rings. The highest BCUT2D eigenvalue weighted by atomic mass is 35.5. The summed E-state index contributed by atoms with van der Waals surface area (Å²) in [6.45, 7) is 5.65. The second-order valence-electron chi connectivity index (χ2n) is 6.87. The smallest absolute Gasteiger partial charge is 0.201 e. The zero-order chi connectivity index (χ0) is 17.5. The molecule has 24 heavy (non-hydrogen) atoms. The van der Waals surface area contributed by atoms with Crippen molar-refractivity contribution in [1.82, 2.24) is 4.31 Å². The SMILES string of the molecule is CC(C)(C)[S@@](=O)N1[C@H](c2ccccc2)[C@@]1(Cl)C(=O)c1ccccc1. The van der Waals surface area contributed by atoms with E-state index in [1.807, 2.05) is 57.2 Å². The van der Waals surface area contributed by atoms with E-state index in [0.717, 1.165) is 5.56 Å². The molecule has 0 N–H and O–H groups in total. The average molecular weight is 362 g/mol. The first kappa shape index (κ1) is 17.3. The molecule has 0 amide bonds. The molecule has 3 nitrogen and oxygen atoms in total. The lowest BCUT2D eigenvalue weighted by atomic mass is 10.0. The van der Waals surface area contributed by atoms with Gasteiger partial charge in [-0.15, -0.1) is 0 Å². The molecule has 1 fully saturated rings. The van der Waals surface area contributed by atoms with Crippen LogP contribution in [0.4, 0.5) is 0 Å². The Morgan fingerprint density at radius 1 is 1.04 bits per heavy atom. The van der Waals surface area contributed by atoms with Crippen molar-refractivity contribution in [2.24, 2.45) is 0 Å². The zero-order valence-electron chi connectivity index (χ0n) is 13.9. The molecule has 1 unspecified atom stereocenters. The highest BCUT2D eigenvalue weighted by Gasteiger charge is 2.71. The quantitative estimate of drug-likeness (QED) is 0.352. The summed E-state index contributed by atoms with van der Waals surface area (Å²) in [6.07, 6.45) is 0. The van der Waals surface area contributed by atoms with Crippen LogP contribution in [0.15, 0.2) is 60.7 Å². The third-order valence-electron chi connectivity index (χ3n) is 4.02. The summed E-state index contributed by atoms with van der Waals surface area (Å²) < 4.78 is 14.1. The topological polar surface area (TPSA) is 37.1 Å². The number of hydrogen-bond donors (Lipinski definition) is 0. The van der Waals surface area contributed by atoms with E-state index >= 15 is 0 Å². The first-order valence-corrected chi connectivity index (χ1v) is 9.31. The molecule has 0 spiro atoms. The maximum atomic E-state index is 13.0. The Hall–Kier alpha value is -1.49. The van der Waals surface area contributed by atoms with Crippen molar-refractivity contribution < 1.29 is 9.00 Å². The lowest BCUT2D eigenvalue weighted by molar-refractivity contribution is 0.0966. The van der Waals surface area contributed by atoms with Crippen molar-refractivity contribution in [3.63, 3.8) is 0 Å². The molecule has 1 heterocycles. The van der Waals surface area contributed by atoms with Crippen LogP contribution < -0.4 is 0 Å². The standard InChI is InChI=1S/C19H20ClNO2S/c1-18(2,3)24(23)21-16(14-10-6-4-7-11-14)19(21,20)17(22)15-12-8-5-9-13-15/h4-13,16H,1-3H3/t16-,19+,21?,24-/m1/s1. The summed E-state index contributed by atoms with van der Waals surface area (Å²) in [7, 11) is -1.39. The van der Waals surface area contributed by atoms with Gasteiger partial charge >= 0.3 is 0 Å². The fourth-order valence-corrected chi connectivity index (χ4v) is 4.83. The molecule has 0 aromatic heterocycles. The molecule has 1 saturated heterocycles. The van der Waals surface area contributed by atoms with Gasteiger partial charge in [0, 0.05) is 5.56 Å². The van der Waals surface area contributed by atoms with E-state index in [1.165, 1.54) is 0 Å². The molecule has 0 aliphatic carbocycles. The predicted octanol–water partition coefficient (Wildman–Crippen LogP) is 4.32. The van der Waals surface area contributed by atoms with Crippen LogP contribution in [0.2, 0.25) is 0 Å². The molecule has 2 aromatic rings. The van der Waals surface area contributed by atoms with Crippen LogP contribution in [0.25, 0.3) is 0 Å². The number of benzene rings is 2. The minimum Gasteiger partial charge on any atom is -0.291 e. The van der Waals surface area contributed by atoms with Gasteiger partial charge in [-0.05, 0) is 26.3 Å². The van der Waals surface area contributed by atoms with Crippen LogP contribution in [-0.4, -0.2) is 24.0 Å². The number of hydrogen-bond acceptors (Lipinski definition) is 2. The highest BCUT2D eigenvalue weighted by Crippen LogP contribution is 2.60. The Morgan fingerprint density at radius 3 is 2.04 bits per heavy atom. The Bertz CT molecular complexity index is 773. The largest absolute Gasteiger partial charge is 0.291 e. The second kappa shape index (κ2) is 6.10. The lowest BCUT2D eigenvalue weighted by Gasteiger charge is -2.20. The summed E-state index contributed by atoms with van der Waals surface area (Å²) in [4.78, 5) is 11.7. The molecular weight excluding hydrogens is 342 g/mol. The Morgan fingerprint density at radius 2 is 1.54 bits per heavy atom. The predicted molar refractivity (Wildman–Crippen MR) is 98.3 cm³/mol. The number of carbonyl (C=O) groups excluding carboxylic acids is 1. The number of ketones is 1. The number of Topliss-reactive ketones (excluding diaryl/α,β-unsaturated/α-hetero) is 1. The number of rotatable bonds is 4. The first-order valence-electron chi connectivity index (χ1n) is 7.83. The van der Waals surface area contributed by atoms with E-state index in [0.29, 0.717) is 5.56 Å². The van der Waals surface area contributed by atoms with Crippen LogP contribution in [-0.2, 0) is 11.0 Å². The molecule has 0 saturated carbocycles. The van der Waals surface area contributed by atoms with Crippen LogP contribution in [0, 0.1) is 0 Å². The fraction of sp³-hybridized carbons (Fsp3) is 0.316. The van der Waals surface area contributed by atoms with Crippen molar-refractivity contribution in [3.05, 3.63) is 71.8 Å². The van der Waals surface area contributed by atoms with Crippen molar-refractivity contribution >= 4 is 28.4 Å². The molecule has 2 aromatic carbocycles. The summed E-state index contributed by atoms with van der Waals surface area (Å²) in [5, 5.41) is 0. The van der Waals surface area contributed by atoms with E-state index in [2.05, 4.69) is 0 Å². The summed E-state index contributed by atoms with van der Waals surface area (Å²) >= 11 is 6.78. The molecular formula is C19H20ClNO2S. The normalized spacial score (nSPS) is 27.5. The zero-order valence-corrected chi connectivity index (χ0v) is 15.5. The molecule has 126 valence electrons. The van der Waals surface area contributed by atoms with Gasteiger partial charge in [-0.1, -0.05) is 72.3 Å². The number of halogens is 1. The van der Waals surface area contributed by atoms with Crippen molar-refractivity contribution in [2.45, 2.75) is 36.6 Å². The van der Waals surface area contributed by atoms with Gasteiger partial charge in [-0.25, -0.2) is 4.21 Å². The Labute approximate surface area is 150 Å². The third kappa shape index (κ3) is 2.83. The van der Waals surface area contributed by atoms with E-state index in [-0.39, 0.29) is 5.78 Å². The second-order valence-corrected chi connectivity index (χ2v) is 9.56. The van der Waals surface area contributed by atoms with Gasteiger partial charge in [-0.3, -0.25) is 4.79 Å². The number of alkyl halides is 1. The summed E-state index contributed by atoms with van der Waals surface area (Å²) in [6, 6.07) is 18.1. The van der Waals surface area contributed by atoms with Crippen LogP contribution in [0.1, 0.15) is 42.7 Å². The summed E-state index contributed by atoms with van der Waals surface area (Å²) in [5.74, 6) is -0.212. The van der Waals surface area contributed by atoms with E-state index in [1.54, 1.807) is 28.6 Å². The van der Waals surface area contributed by atoms with Gasteiger partial charge in [0.15, 0.2) is 5.00 Å². The lowest BCUT2D eigenvalue weighted by Crippen LogP contribution is -2.33. The Kier molecular flexibility index (Phi) is 4.41. The van der Waals surface area contributed by atoms with Gasteiger partial charge < -0.3 is 0 Å². The third-order valence-corrected chi connectivity index (χ3v) is 6.59. The molecule has 0 bridgehead atoms. The maximum absolute atomic E-state index is 13.0. The number of nitrogens with zero attached hydrogens (tertiary/aromatic N) is 1. The molecule has 5 heteroatoms. The monoisotopic (exact) mass is 361 g/mol. The van der Waals surface area contributed by atoms with Crippen molar-refractivity contribution in [2.75, 3.05) is 0 Å². The van der Waals surface area contributed by atoms with Crippen LogP contribution in [0.5, 0.6) is 0 Å². The van der Waals surface area contributed by atoms with Gasteiger partial charge in [0.1, 0.15) is 11.0 Å². The highest BCUT2D eigenvalue weighted by molar-refractivity contribution is 7.84. The van der Waals surface area contributed by atoms with Gasteiger partial charge in [-0.2, -0.15) is 4.31 Å². The summed E-state index contributed by atoms with van der Waals surface area (Å²) in [5.41, 5.74) is 1.43. The van der Waals surface area contributed by atoms with Crippen molar-refractivity contribution in [1.29, 1.82) is 0 Å². The van der Waals surface area contributed by atoms with Gasteiger partial charge in [0.2, 0.25) is 5.78 Å². The molecule has 4 atom stereocenters. The van der Waals surface area contributed by atoms with Gasteiger partial charge in [0.25, 0.3) is 0 Å². The average Bonchev–Trinajstić information content (AvgIpc) is 3.21. The van der Waals surface area contributed by atoms with Crippen LogP contribution >= 0.6 is 11.6 Å². The Balaban J connectivity index is 2.03. The van der Waals surface area contributed by atoms with E-state index in [4.69, 9.17) is 11.6 Å². The minimum absolute atomic E-state index is 0.212. The maximum Gasteiger partial charge on any atom is 0.201 e. The van der Waals surface area contributed by atoms with E-state index in [9.17, 15) is 9.00 Å². The molecule has 0 radical (unpaired) electrons. The van der Waals surface area contributed by atoms with Crippen molar-refractivity contribution in [3.8, 4) is 0 Å². The fourth-order valence-electron chi connectivity index (χ4n) is 2.77.